The van der Waals surface area contributed by atoms with Crippen molar-refractivity contribution in [3.8, 4) is 17.2 Å². The topological polar surface area (TPSA) is 88.5 Å². The molecule has 4 rings (SSSR count). The van der Waals surface area contributed by atoms with E-state index in [1.165, 1.54) is 26.2 Å². The molecule has 1 atom stereocenters. The lowest BCUT2D eigenvalue weighted by Gasteiger charge is -2.26. The lowest BCUT2D eigenvalue weighted by Crippen LogP contribution is -2.29. The molecule has 8 heteroatoms. The van der Waals surface area contributed by atoms with Crippen LogP contribution in [0, 0.1) is 0 Å². The SMILES string of the molecule is COc1cc(OC)cc(N2C(=O)C(=O)/C(=C(/O)c3ccccc3OC)C2c2ccc(N(C)C)cc2)c1. The number of carbonyl (C=O) groups excluding carboxylic acids is 2. The van der Waals surface area contributed by atoms with Crippen LogP contribution in [0.1, 0.15) is 17.2 Å². The van der Waals surface area contributed by atoms with Crippen LogP contribution in [-0.2, 0) is 9.59 Å². The number of ether oxygens (including phenoxy) is 3. The Labute approximate surface area is 209 Å². The smallest absolute Gasteiger partial charge is 0.300 e. The Morgan fingerprint density at radius 2 is 1.47 bits per heavy atom. The molecule has 0 spiro atoms. The van der Waals surface area contributed by atoms with Gasteiger partial charge < -0.3 is 24.2 Å². The second kappa shape index (κ2) is 10.0. The van der Waals surface area contributed by atoms with Crippen LogP contribution in [0.15, 0.2) is 72.3 Å². The molecule has 1 amide bonds. The third kappa shape index (κ3) is 4.33. The van der Waals surface area contributed by atoms with E-state index in [-0.39, 0.29) is 11.3 Å². The van der Waals surface area contributed by atoms with Crippen molar-refractivity contribution in [2.24, 2.45) is 0 Å². The number of ketones is 1. The largest absolute Gasteiger partial charge is 0.507 e. The molecule has 0 saturated carbocycles. The first kappa shape index (κ1) is 24.7. The van der Waals surface area contributed by atoms with Crippen LogP contribution in [0.5, 0.6) is 17.2 Å². The average Bonchev–Trinajstić information content (AvgIpc) is 3.17. The predicted molar refractivity (Wildman–Crippen MR) is 138 cm³/mol. The predicted octanol–water partition coefficient (Wildman–Crippen LogP) is 4.40. The molecule has 186 valence electrons. The number of Topliss-reactive ketones (excluding diaryl/α,β-unsaturated/α-hetero) is 1. The quantitative estimate of drug-likeness (QED) is 0.300. The fourth-order valence-electron chi connectivity index (χ4n) is 4.29. The number of aliphatic hydroxyl groups is 1. The van der Waals surface area contributed by atoms with Gasteiger partial charge in [-0.1, -0.05) is 24.3 Å². The molecular weight excluding hydrogens is 460 g/mol. The number of anilines is 2. The summed E-state index contributed by atoms with van der Waals surface area (Å²) in [4.78, 5) is 30.2. The highest BCUT2D eigenvalue weighted by Gasteiger charge is 2.47. The van der Waals surface area contributed by atoms with Gasteiger partial charge in [-0.3, -0.25) is 14.5 Å². The zero-order chi connectivity index (χ0) is 26.0. The van der Waals surface area contributed by atoms with Crippen molar-refractivity contribution in [2.75, 3.05) is 45.2 Å². The third-order valence-electron chi connectivity index (χ3n) is 6.15. The van der Waals surface area contributed by atoms with Gasteiger partial charge in [0.05, 0.1) is 44.2 Å². The van der Waals surface area contributed by atoms with Gasteiger partial charge >= 0.3 is 0 Å². The number of carbonyl (C=O) groups is 2. The summed E-state index contributed by atoms with van der Waals surface area (Å²) in [5.41, 5.74) is 2.27. The molecule has 3 aromatic carbocycles. The Bertz CT molecular complexity index is 1310. The number of methoxy groups -OCH3 is 3. The fourth-order valence-corrected chi connectivity index (χ4v) is 4.29. The zero-order valence-electron chi connectivity index (χ0n) is 20.8. The summed E-state index contributed by atoms with van der Waals surface area (Å²) in [5.74, 6) is -0.600. The number of rotatable bonds is 7. The van der Waals surface area contributed by atoms with E-state index in [0.29, 0.717) is 34.1 Å². The highest BCUT2D eigenvalue weighted by molar-refractivity contribution is 6.51. The van der Waals surface area contributed by atoms with Crippen LogP contribution in [0.25, 0.3) is 5.76 Å². The van der Waals surface area contributed by atoms with Gasteiger partial charge in [-0.15, -0.1) is 0 Å². The maximum absolute atomic E-state index is 13.5. The molecule has 3 aromatic rings. The van der Waals surface area contributed by atoms with Crippen molar-refractivity contribution in [2.45, 2.75) is 6.04 Å². The number of benzene rings is 3. The summed E-state index contributed by atoms with van der Waals surface area (Å²) >= 11 is 0. The molecule has 1 aliphatic rings. The number of amides is 1. The first-order chi connectivity index (χ1) is 17.3. The summed E-state index contributed by atoms with van der Waals surface area (Å²) < 4.78 is 16.2. The van der Waals surface area contributed by atoms with E-state index in [2.05, 4.69) is 0 Å². The number of hydrogen-bond acceptors (Lipinski definition) is 7. The molecule has 0 aromatic heterocycles. The molecule has 36 heavy (non-hydrogen) atoms. The van der Waals surface area contributed by atoms with Crippen molar-refractivity contribution in [1.82, 2.24) is 0 Å². The van der Waals surface area contributed by atoms with E-state index in [1.807, 2.05) is 43.3 Å². The van der Waals surface area contributed by atoms with E-state index >= 15 is 0 Å². The van der Waals surface area contributed by atoms with Crippen LogP contribution >= 0.6 is 0 Å². The Balaban J connectivity index is 1.98. The lowest BCUT2D eigenvalue weighted by molar-refractivity contribution is -0.132. The molecule has 0 radical (unpaired) electrons. The van der Waals surface area contributed by atoms with Crippen LogP contribution in [0.3, 0.4) is 0 Å². The molecule has 8 nitrogen and oxygen atoms in total. The van der Waals surface area contributed by atoms with Crippen molar-refractivity contribution < 1.29 is 28.9 Å². The van der Waals surface area contributed by atoms with Crippen molar-refractivity contribution in [3.05, 3.63) is 83.4 Å². The first-order valence-corrected chi connectivity index (χ1v) is 11.3. The molecule has 1 unspecified atom stereocenters. The second-order valence-electron chi connectivity index (χ2n) is 8.43. The maximum Gasteiger partial charge on any atom is 0.300 e. The Morgan fingerprint density at radius 1 is 0.861 bits per heavy atom. The molecule has 0 bridgehead atoms. The Kier molecular flexibility index (Phi) is 6.87. The van der Waals surface area contributed by atoms with Gasteiger partial charge in [-0.25, -0.2) is 0 Å². The van der Waals surface area contributed by atoms with Crippen LogP contribution in [0.4, 0.5) is 11.4 Å². The summed E-state index contributed by atoms with van der Waals surface area (Å²) in [7, 11) is 8.33. The molecule has 1 aliphatic heterocycles. The van der Waals surface area contributed by atoms with E-state index < -0.39 is 17.7 Å². The molecule has 0 aliphatic carbocycles. The maximum atomic E-state index is 13.5. The van der Waals surface area contributed by atoms with Crippen molar-refractivity contribution >= 4 is 28.8 Å². The second-order valence-corrected chi connectivity index (χ2v) is 8.43. The lowest BCUT2D eigenvalue weighted by atomic mass is 9.94. The van der Waals surface area contributed by atoms with E-state index in [9.17, 15) is 14.7 Å². The van der Waals surface area contributed by atoms with Gasteiger partial charge in [0.25, 0.3) is 11.7 Å². The van der Waals surface area contributed by atoms with Gasteiger partial charge in [-0.05, 0) is 29.8 Å². The molecule has 1 saturated heterocycles. The summed E-state index contributed by atoms with van der Waals surface area (Å²) in [6.07, 6.45) is 0. The summed E-state index contributed by atoms with van der Waals surface area (Å²) in [6.45, 7) is 0. The Morgan fingerprint density at radius 3 is 2.03 bits per heavy atom. The van der Waals surface area contributed by atoms with Crippen LogP contribution < -0.4 is 24.0 Å². The first-order valence-electron chi connectivity index (χ1n) is 11.3. The summed E-state index contributed by atoms with van der Waals surface area (Å²) in [6, 6.07) is 18.3. The standard InChI is InChI=1S/C28H28N2O6/c1-29(2)18-12-10-17(11-13-18)25-24(26(31)22-8-6-7-9-23(22)36-5)27(32)28(33)30(25)19-14-20(34-3)16-21(15-19)35-4/h6-16,25,31H,1-5H3/b26-24+. The number of para-hydroxylation sites is 1. The van der Waals surface area contributed by atoms with Crippen LogP contribution in [0.2, 0.25) is 0 Å². The number of nitrogens with zero attached hydrogens (tertiary/aromatic N) is 2. The highest BCUT2D eigenvalue weighted by atomic mass is 16.5. The molecule has 1 heterocycles. The summed E-state index contributed by atoms with van der Waals surface area (Å²) in [5, 5.41) is 11.4. The van der Waals surface area contributed by atoms with E-state index in [1.54, 1.807) is 42.5 Å². The van der Waals surface area contributed by atoms with Gasteiger partial charge in [0.1, 0.15) is 23.0 Å². The van der Waals surface area contributed by atoms with E-state index in [4.69, 9.17) is 14.2 Å². The minimum Gasteiger partial charge on any atom is -0.507 e. The molecule has 1 N–H and O–H groups in total. The van der Waals surface area contributed by atoms with E-state index in [0.717, 1.165) is 5.69 Å². The van der Waals surface area contributed by atoms with Gasteiger partial charge in [0.15, 0.2) is 0 Å². The molecular formula is C28H28N2O6. The van der Waals surface area contributed by atoms with Gasteiger partial charge in [-0.2, -0.15) is 0 Å². The minimum atomic E-state index is -0.900. The monoisotopic (exact) mass is 488 g/mol. The highest BCUT2D eigenvalue weighted by Crippen LogP contribution is 2.45. The van der Waals surface area contributed by atoms with Crippen LogP contribution in [-0.4, -0.2) is 52.2 Å². The van der Waals surface area contributed by atoms with Gasteiger partial charge in [0, 0.05) is 38.0 Å². The average molecular weight is 489 g/mol. The third-order valence-corrected chi connectivity index (χ3v) is 6.15. The van der Waals surface area contributed by atoms with Crippen molar-refractivity contribution in [1.29, 1.82) is 0 Å². The normalized spacial score (nSPS) is 16.7. The van der Waals surface area contributed by atoms with Crippen molar-refractivity contribution in [3.63, 3.8) is 0 Å². The number of hydrogen-bond donors (Lipinski definition) is 1. The fraction of sp³-hybridized carbons (Fsp3) is 0.214. The van der Waals surface area contributed by atoms with Gasteiger partial charge in [0.2, 0.25) is 0 Å². The zero-order valence-corrected chi connectivity index (χ0v) is 20.8. The molecule has 1 fully saturated rings. The number of aliphatic hydroxyl groups excluding tert-OH is 1. The Hall–Kier alpha value is -4.46. The minimum absolute atomic E-state index is 0.0381.